The molecular weight excluding hydrogens is 348 g/mol. The normalized spacial score (nSPS) is 11.9. The van der Waals surface area contributed by atoms with E-state index in [1.165, 1.54) is 11.8 Å². The van der Waals surface area contributed by atoms with Crippen LogP contribution in [0.3, 0.4) is 0 Å². The van der Waals surface area contributed by atoms with Gasteiger partial charge >= 0.3 is 5.97 Å². The molecule has 1 aromatic carbocycles. The first-order chi connectivity index (χ1) is 12.3. The van der Waals surface area contributed by atoms with E-state index in [4.69, 9.17) is 4.74 Å². The van der Waals surface area contributed by atoms with E-state index in [1.807, 2.05) is 31.4 Å². The van der Waals surface area contributed by atoms with Crippen LogP contribution in [0.4, 0.5) is 5.69 Å². The number of carbonyl (C=O) groups excluding carboxylic acids is 2. The maximum absolute atomic E-state index is 12.6. The highest BCUT2D eigenvalue weighted by molar-refractivity contribution is 7.98. The fraction of sp³-hybridized carbons (Fsp3) is 0.350. The number of hydrogen-bond acceptors (Lipinski definition) is 5. The van der Waals surface area contributed by atoms with Gasteiger partial charge in [0.25, 0.3) is 5.91 Å². The lowest BCUT2D eigenvalue weighted by Crippen LogP contribution is -2.30. The van der Waals surface area contributed by atoms with Crippen molar-refractivity contribution in [1.29, 1.82) is 0 Å². The van der Waals surface area contributed by atoms with Crippen LogP contribution in [0.2, 0.25) is 0 Å². The first-order valence-electron chi connectivity index (χ1n) is 8.45. The molecule has 0 spiro atoms. The Bertz CT molecular complexity index is 805. The molecule has 6 heteroatoms. The highest BCUT2D eigenvalue weighted by Gasteiger charge is 2.22. The largest absolute Gasteiger partial charge is 0.449 e. The summed E-state index contributed by atoms with van der Waals surface area (Å²) < 4.78 is 5.35. The van der Waals surface area contributed by atoms with E-state index in [0.29, 0.717) is 10.6 Å². The Balaban J connectivity index is 2.13. The topological polar surface area (TPSA) is 68.3 Å². The third-order valence-corrected chi connectivity index (χ3v) is 4.72. The molecule has 0 saturated carbocycles. The zero-order valence-electron chi connectivity index (χ0n) is 15.7. The summed E-state index contributed by atoms with van der Waals surface area (Å²) in [6, 6.07) is 9.21. The number of para-hydroxylation sites is 1. The molecule has 0 aliphatic heterocycles. The minimum atomic E-state index is -0.919. The van der Waals surface area contributed by atoms with Crippen LogP contribution in [0.15, 0.2) is 41.6 Å². The highest BCUT2D eigenvalue weighted by Crippen LogP contribution is 2.27. The smallest absolute Gasteiger partial charge is 0.341 e. The average Bonchev–Trinajstić information content (AvgIpc) is 2.62. The zero-order chi connectivity index (χ0) is 19.3. The van der Waals surface area contributed by atoms with Crippen LogP contribution in [0.5, 0.6) is 0 Å². The summed E-state index contributed by atoms with van der Waals surface area (Å²) >= 11 is 1.36. The lowest BCUT2D eigenvalue weighted by Gasteiger charge is -2.19. The molecule has 1 amide bonds. The summed E-state index contributed by atoms with van der Waals surface area (Å²) in [7, 11) is 0. The number of rotatable bonds is 6. The van der Waals surface area contributed by atoms with Crippen LogP contribution in [-0.2, 0) is 9.53 Å². The molecule has 138 valence electrons. The minimum Gasteiger partial charge on any atom is -0.449 e. The molecule has 1 heterocycles. The van der Waals surface area contributed by atoms with Crippen LogP contribution in [0.25, 0.3) is 0 Å². The van der Waals surface area contributed by atoms with Gasteiger partial charge in [0.15, 0.2) is 6.10 Å². The molecule has 0 saturated heterocycles. The van der Waals surface area contributed by atoms with Gasteiger partial charge in [-0.2, -0.15) is 0 Å². The molecule has 0 unspecified atom stereocenters. The molecule has 1 atom stereocenters. The van der Waals surface area contributed by atoms with Crippen molar-refractivity contribution in [2.45, 2.75) is 44.7 Å². The fourth-order valence-electron chi connectivity index (χ4n) is 2.55. The first kappa shape index (κ1) is 20.0. The van der Waals surface area contributed by atoms with E-state index in [1.54, 1.807) is 25.3 Å². The summed E-state index contributed by atoms with van der Waals surface area (Å²) in [5, 5.41) is 3.48. The minimum absolute atomic E-state index is 0.266. The number of aryl methyl sites for hydroxylation is 1. The molecule has 5 nitrogen and oxygen atoms in total. The van der Waals surface area contributed by atoms with Gasteiger partial charge in [-0.3, -0.25) is 4.79 Å². The lowest BCUT2D eigenvalue weighted by atomic mass is 9.98. The van der Waals surface area contributed by atoms with Crippen LogP contribution in [0.1, 0.15) is 48.2 Å². The molecule has 0 aliphatic rings. The van der Waals surface area contributed by atoms with E-state index >= 15 is 0 Å². The molecule has 0 fully saturated rings. The monoisotopic (exact) mass is 372 g/mol. The van der Waals surface area contributed by atoms with Gasteiger partial charge in [-0.25, -0.2) is 9.78 Å². The Morgan fingerprint density at radius 1 is 1.15 bits per heavy atom. The quantitative estimate of drug-likeness (QED) is 0.600. The average molecular weight is 372 g/mol. The van der Waals surface area contributed by atoms with Crippen molar-refractivity contribution in [3.8, 4) is 0 Å². The van der Waals surface area contributed by atoms with Crippen molar-refractivity contribution in [1.82, 2.24) is 4.98 Å². The fourth-order valence-corrected chi connectivity index (χ4v) is 3.09. The van der Waals surface area contributed by atoms with Crippen LogP contribution >= 0.6 is 11.8 Å². The summed E-state index contributed by atoms with van der Waals surface area (Å²) in [6.07, 6.45) is 2.53. The molecular formula is C20H24N2O3S. The molecule has 0 radical (unpaired) electrons. The van der Waals surface area contributed by atoms with E-state index in [-0.39, 0.29) is 11.8 Å². The van der Waals surface area contributed by atoms with Gasteiger partial charge in [-0.1, -0.05) is 32.0 Å². The number of esters is 1. The maximum Gasteiger partial charge on any atom is 0.341 e. The van der Waals surface area contributed by atoms with Gasteiger partial charge in [-0.05, 0) is 49.3 Å². The van der Waals surface area contributed by atoms with Crippen molar-refractivity contribution in [3.63, 3.8) is 0 Å². The number of anilines is 1. The van der Waals surface area contributed by atoms with Gasteiger partial charge in [0.2, 0.25) is 0 Å². The van der Waals surface area contributed by atoms with Crippen LogP contribution < -0.4 is 5.32 Å². The Hall–Kier alpha value is -2.34. The summed E-state index contributed by atoms with van der Waals surface area (Å²) in [4.78, 5) is 29.1. The maximum atomic E-state index is 12.6. The molecule has 1 N–H and O–H groups in total. The van der Waals surface area contributed by atoms with Crippen LogP contribution in [-0.4, -0.2) is 29.2 Å². The number of amides is 1. The van der Waals surface area contributed by atoms with Crippen LogP contribution in [0, 0.1) is 6.92 Å². The Labute approximate surface area is 158 Å². The van der Waals surface area contributed by atoms with Crippen molar-refractivity contribution in [2.24, 2.45) is 0 Å². The van der Waals surface area contributed by atoms with Gasteiger partial charge in [0.05, 0.1) is 5.56 Å². The summed E-state index contributed by atoms with van der Waals surface area (Å²) in [6.45, 7) is 7.65. The number of nitrogens with zero attached hydrogens (tertiary/aromatic N) is 1. The second-order valence-electron chi connectivity index (χ2n) is 6.29. The first-order valence-corrected chi connectivity index (χ1v) is 9.68. The SMILES string of the molecule is CSc1ncccc1C(=O)O[C@@H](C)C(=O)Nc1c(C)cccc1C(C)C. The molecule has 0 aliphatic carbocycles. The van der Waals surface area contributed by atoms with Gasteiger partial charge in [-0.15, -0.1) is 11.8 Å². The van der Waals surface area contributed by atoms with Crippen molar-refractivity contribution in [2.75, 3.05) is 11.6 Å². The number of pyridine rings is 1. The molecule has 2 rings (SSSR count). The third kappa shape index (κ3) is 4.64. The molecule has 26 heavy (non-hydrogen) atoms. The number of carbonyl (C=O) groups is 2. The van der Waals surface area contributed by atoms with E-state index in [0.717, 1.165) is 16.8 Å². The highest BCUT2D eigenvalue weighted by atomic mass is 32.2. The molecule has 2 aromatic rings. The second kappa shape index (κ2) is 8.85. The van der Waals surface area contributed by atoms with E-state index < -0.39 is 12.1 Å². The summed E-state index contributed by atoms with van der Waals surface area (Å²) in [5.74, 6) is -0.648. The Kier molecular flexibility index (Phi) is 6.80. The van der Waals surface area contributed by atoms with Gasteiger partial charge in [0, 0.05) is 11.9 Å². The van der Waals surface area contributed by atoms with E-state index in [9.17, 15) is 9.59 Å². The number of nitrogens with one attached hydrogen (secondary N) is 1. The van der Waals surface area contributed by atoms with Crippen molar-refractivity contribution in [3.05, 3.63) is 53.2 Å². The second-order valence-corrected chi connectivity index (χ2v) is 7.09. The van der Waals surface area contributed by atoms with Gasteiger partial charge in [0.1, 0.15) is 5.03 Å². The number of benzene rings is 1. The third-order valence-electron chi connectivity index (χ3n) is 4.01. The van der Waals surface area contributed by atoms with Crippen molar-refractivity contribution >= 4 is 29.3 Å². The Morgan fingerprint density at radius 2 is 1.88 bits per heavy atom. The van der Waals surface area contributed by atoms with Gasteiger partial charge < -0.3 is 10.1 Å². The summed E-state index contributed by atoms with van der Waals surface area (Å²) in [5.41, 5.74) is 3.16. The molecule has 1 aromatic heterocycles. The number of hydrogen-bond donors (Lipinski definition) is 1. The van der Waals surface area contributed by atoms with Crippen molar-refractivity contribution < 1.29 is 14.3 Å². The predicted molar refractivity (Wildman–Crippen MR) is 105 cm³/mol. The molecule has 0 bridgehead atoms. The lowest BCUT2D eigenvalue weighted by molar-refractivity contribution is -0.123. The van der Waals surface area contributed by atoms with E-state index in [2.05, 4.69) is 24.1 Å². The predicted octanol–water partition coefficient (Wildman–Crippen LogP) is 4.42. The number of ether oxygens (including phenoxy) is 1. The number of aromatic nitrogens is 1. The number of thioether (sulfide) groups is 1. The zero-order valence-corrected chi connectivity index (χ0v) is 16.5. The standard InChI is InChI=1S/C20H24N2O3S/c1-12(2)15-9-6-8-13(3)17(15)22-18(23)14(4)25-20(24)16-10-7-11-21-19(16)26-5/h6-12,14H,1-5H3,(H,22,23)/t14-/m0/s1. The Morgan fingerprint density at radius 3 is 2.54 bits per heavy atom.